The molecule has 1 aliphatic rings. The van der Waals surface area contributed by atoms with Gasteiger partial charge in [0.1, 0.15) is 17.3 Å². The molecule has 1 atom stereocenters. The molecule has 2 aromatic carbocycles. The molecule has 0 aliphatic carbocycles. The first kappa shape index (κ1) is 23.3. The van der Waals surface area contributed by atoms with E-state index in [-0.39, 0.29) is 17.4 Å². The van der Waals surface area contributed by atoms with Crippen LogP contribution in [0, 0.1) is 0 Å². The van der Waals surface area contributed by atoms with Gasteiger partial charge in [0.15, 0.2) is 0 Å². The molecule has 0 spiro atoms. The van der Waals surface area contributed by atoms with Crippen molar-refractivity contribution >= 4 is 17.4 Å². The summed E-state index contributed by atoms with van der Waals surface area (Å²) in [7, 11) is 5.29. The molecule has 0 bridgehead atoms. The zero-order chi connectivity index (χ0) is 23.4. The Balaban J connectivity index is 2.23. The Morgan fingerprint density at radius 2 is 1.69 bits per heavy atom. The lowest BCUT2D eigenvalue weighted by Gasteiger charge is -2.28. The van der Waals surface area contributed by atoms with Gasteiger partial charge in [0.25, 0.3) is 11.7 Å². The highest BCUT2D eigenvalue weighted by molar-refractivity contribution is 6.46. The monoisotopic (exact) mass is 438 g/mol. The summed E-state index contributed by atoms with van der Waals surface area (Å²) in [5, 5.41) is 11.3. The van der Waals surface area contributed by atoms with Crippen molar-refractivity contribution in [3.05, 3.63) is 65.2 Å². The summed E-state index contributed by atoms with van der Waals surface area (Å²) in [5.74, 6) is -0.660. The summed E-state index contributed by atoms with van der Waals surface area (Å²) in [6.45, 7) is 4.70. The van der Waals surface area contributed by atoms with E-state index in [4.69, 9.17) is 9.47 Å². The van der Waals surface area contributed by atoms with Crippen LogP contribution in [0.2, 0.25) is 0 Å². The van der Waals surface area contributed by atoms with Crippen molar-refractivity contribution in [1.29, 1.82) is 0 Å². The quantitative estimate of drug-likeness (QED) is 0.386. The smallest absolute Gasteiger partial charge is 0.295 e. The second kappa shape index (κ2) is 9.87. The van der Waals surface area contributed by atoms with Crippen LogP contribution in [0.4, 0.5) is 0 Å². The van der Waals surface area contributed by atoms with Gasteiger partial charge in [0.2, 0.25) is 0 Å². The zero-order valence-corrected chi connectivity index (χ0v) is 19.2. The summed E-state index contributed by atoms with van der Waals surface area (Å²) in [6, 6.07) is 13.4. The van der Waals surface area contributed by atoms with E-state index in [0.717, 1.165) is 0 Å². The lowest BCUT2D eigenvalue weighted by Crippen LogP contribution is -2.35. The van der Waals surface area contributed by atoms with Gasteiger partial charge in [-0.2, -0.15) is 0 Å². The molecule has 0 radical (unpaired) electrons. The molecule has 32 heavy (non-hydrogen) atoms. The van der Waals surface area contributed by atoms with Crippen molar-refractivity contribution in [2.24, 2.45) is 0 Å². The average Bonchev–Trinajstić information content (AvgIpc) is 3.01. The maximum absolute atomic E-state index is 13.2. The Labute approximate surface area is 188 Å². The number of hydrogen-bond donors (Lipinski definition) is 1. The number of rotatable bonds is 8. The Kier molecular flexibility index (Phi) is 7.20. The third kappa shape index (κ3) is 4.62. The lowest BCUT2D eigenvalue weighted by atomic mass is 9.94. The van der Waals surface area contributed by atoms with E-state index in [0.29, 0.717) is 35.7 Å². The fourth-order valence-corrected chi connectivity index (χ4v) is 3.79. The number of carbonyl (C=O) groups excluding carboxylic acids is 2. The van der Waals surface area contributed by atoms with E-state index in [1.165, 1.54) is 12.0 Å². The molecule has 0 aromatic heterocycles. The molecule has 7 nitrogen and oxygen atoms in total. The molecule has 7 heteroatoms. The van der Waals surface area contributed by atoms with E-state index in [9.17, 15) is 14.7 Å². The van der Waals surface area contributed by atoms with Crippen LogP contribution in [0.25, 0.3) is 5.76 Å². The number of hydrogen-bond acceptors (Lipinski definition) is 6. The SMILES string of the molecule is COc1ccccc1/C(O)=C1/C(=O)C(=O)N(CCN(C)C)C1c1ccccc1OC(C)C. The zero-order valence-electron chi connectivity index (χ0n) is 19.2. The first-order valence-corrected chi connectivity index (χ1v) is 10.6. The summed E-state index contributed by atoms with van der Waals surface area (Å²) in [5.41, 5.74) is 1.03. The van der Waals surface area contributed by atoms with Gasteiger partial charge >= 0.3 is 0 Å². The molecule has 1 heterocycles. The van der Waals surface area contributed by atoms with Gasteiger partial charge in [0, 0.05) is 18.7 Å². The van der Waals surface area contributed by atoms with Crippen LogP contribution >= 0.6 is 0 Å². The van der Waals surface area contributed by atoms with Crippen LogP contribution in [0.5, 0.6) is 11.5 Å². The van der Waals surface area contributed by atoms with Crippen LogP contribution < -0.4 is 9.47 Å². The molecule has 1 unspecified atom stereocenters. The van der Waals surface area contributed by atoms with E-state index in [2.05, 4.69) is 0 Å². The standard InChI is InChI=1S/C25H30N2O5/c1-16(2)32-20-13-9-6-10-17(20)22-21(23(28)18-11-7-8-12-19(18)31-5)24(29)25(30)27(22)15-14-26(3)4/h6-13,16,22,28H,14-15H2,1-5H3/b23-21-. The fourth-order valence-electron chi connectivity index (χ4n) is 3.79. The predicted molar refractivity (Wildman–Crippen MR) is 123 cm³/mol. The summed E-state index contributed by atoms with van der Waals surface area (Å²) in [4.78, 5) is 29.7. The van der Waals surface area contributed by atoms with Crippen molar-refractivity contribution in [3.63, 3.8) is 0 Å². The molecule has 170 valence electrons. The number of para-hydroxylation sites is 2. The van der Waals surface area contributed by atoms with Crippen LogP contribution in [-0.2, 0) is 9.59 Å². The Bertz CT molecular complexity index is 1030. The third-order valence-electron chi connectivity index (χ3n) is 5.27. The van der Waals surface area contributed by atoms with E-state index in [1.807, 2.05) is 57.1 Å². The van der Waals surface area contributed by atoms with Crippen molar-refractivity contribution in [3.8, 4) is 11.5 Å². The summed E-state index contributed by atoms with van der Waals surface area (Å²) >= 11 is 0. The van der Waals surface area contributed by atoms with E-state index >= 15 is 0 Å². The van der Waals surface area contributed by atoms with Crippen LogP contribution in [0.3, 0.4) is 0 Å². The largest absolute Gasteiger partial charge is 0.507 e. The minimum Gasteiger partial charge on any atom is -0.507 e. The Hall–Kier alpha value is -3.32. The molecule has 1 aliphatic heterocycles. The van der Waals surface area contributed by atoms with Gasteiger partial charge in [0.05, 0.1) is 30.4 Å². The van der Waals surface area contributed by atoms with Gasteiger partial charge < -0.3 is 24.4 Å². The van der Waals surface area contributed by atoms with Gasteiger partial charge in [-0.15, -0.1) is 0 Å². The molecule has 2 aromatic rings. The second-order valence-corrected chi connectivity index (χ2v) is 8.20. The highest BCUT2D eigenvalue weighted by atomic mass is 16.5. The maximum Gasteiger partial charge on any atom is 0.295 e. The van der Waals surface area contributed by atoms with Gasteiger partial charge in [-0.05, 0) is 46.1 Å². The predicted octanol–water partition coefficient (Wildman–Crippen LogP) is 3.47. The van der Waals surface area contributed by atoms with Crippen LogP contribution in [0.1, 0.15) is 31.0 Å². The second-order valence-electron chi connectivity index (χ2n) is 8.20. The van der Waals surface area contributed by atoms with Gasteiger partial charge in [-0.25, -0.2) is 0 Å². The van der Waals surface area contributed by atoms with Crippen LogP contribution in [0.15, 0.2) is 54.1 Å². The van der Waals surface area contributed by atoms with Crippen molar-refractivity contribution in [2.75, 3.05) is 34.3 Å². The summed E-state index contributed by atoms with van der Waals surface area (Å²) in [6.07, 6.45) is -0.102. The number of benzene rings is 2. The molecule has 1 fully saturated rings. The first-order valence-electron chi connectivity index (χ1n) is 10.6. The average molecular weight is 439 g/mol. The number of nitrogens with zero attached hydrogens (tertiary/aromatic N) is 2. The van der Waals surface area contributed by atoms with Crippen molar-refractivity contribution < 1.29 is 24.2 Å². The normalized spacial score (nSPS) is 18.0. The number of likely N-dealkylation sites (N-methyl/N-ethyl adjacent to an activating group) is 1. The number of carbonyl (C=O) groups is 2. The number of amides is 1. The number of ketones is 1. The molecule has 1 saturated heterocycles. The Morgan fingerprint density at radius 1 is 1.06 bits per heavy atom. The number of aliphatic hydroxyl groups is 1. The summed E-state index contributed by atoms with van der Waals surface area (Å²) < 4.78 is 11.4. The highest BCUT2D eigenvalue weighted by Gasteiger charge is 2.47. The number of aliphatic hydroxyl groups excluding tert-OH is 1. The lowest BCUT2D eigenvalue weighted by molar-refractivity contribution is -0.140. The topological polar surface area (TPSA) is 79.3 Å². The molecule has 1 N–H and O–H groups in total. The minimum atomic E-state index is -0.783. The highest BCUT2D eigenvalue weighted by Crippen LogP contribution is 2.43. The number of likely N-dealkylation sites (tertiary alicyclic amines) is 1. The van der Waals surface area contributed by atoms with Crippen molar-refractivity contribution in [1.82, 2.24) is 9.80 Å². The molecular weight excluding hydrogens is 408 g/mol. The van der Waals surface area contributed by atoms with Crippen LogP contribution in [-0.4, -0.2) is 67.0 Å². The van der Waals surface area contributed by atoms with E-state index in [1.54, 1.807) is 24.3 Å². The number of Topliss-reactive ketones (excluding diaryl/α,β-unsaturated/α-hetero) is 1. The molecule has 3 rings (SSSR count). The Morgan fingerprint density at radius 3 is 2.31 bits per heavy atom. The first-order chi connectivity index (χ1) is 15.3. The van der Waals surface area contributed by atoms with Crippen molar-refractivity contribution in [2.45, 2.75) is 26.0 Å². The molecule has 1 amide bonds. The molecule has 0 saturated carbocycles. The van der Waals surface area contributed by atoms with Gasteiger partial charge in [-0.3, -0.25) is 9.59 Å². The fraction of sp³-hybridized carbons (Fsp3) is 0.360. The molecular formula is C25H30N2O5. The minimum absolute atomic E-state index is 0.0260. The third-order valence-corrected chi connectivity index (χ3v) is 5.27. The maximum atomic E-state index is 13.2. The van der Waals surface area contributed by atoms with E-state index < -0.39 is 17.7 Å². The number of methoxy groups -OCH3 is 1. The number of ether oxygens (including phenoxy) is 2. The van der Waals surface area contributed by atoms with Gasteiger partial charge in [-0.1, -0.05) is 30.3 Å².